The van der Waals surface area contributed by atoms with Gasteiger partial charge >= 0.3 is 6.18 Å². The smallest absolute Gasteiger partial charge is 0.416 e. The van der Waals surface area contributed by atoms with Gasteiger partial charge in [0, 0.05) is 48.5 Å². The van der Waals surface area contributed by atoms with Crippen LogP contribution in [0.3, 0.4) is 0 Å². The second-order valence-electron chi connectivity index (χ2n) is 6.20. The molecule has 0 aliphatic rings. The summed E-state index contributed by atoms with van der Waals surface area (Å²) in [6.45, 7) is 2.69. The van der Waals surface area contributed by atoms with Gasteiger partial charge in [0.1, 0.15) is 5.75 Å². The molecule has 3 nitrogen and oxygen atoms in total. The SMILES string of the molecule is COc1cccc(/C(C#CSC(C)=O)=C(\C#CSC(C)=O)c2cccc(C(F)(F)F)c2)c1. The predicted molar refractivity (Wildman–Crippen MR) is 123 cm³/mol. The number of rotatable bonds is 3. The predicted octanol–water partition coefficient (Wildman–Crippen LogP) is 6.11. The molecule has 2 aromatic rings. The zero-order chi connectivity index (χ0) is 23.7. The molecule has 0 amide bonds. The van der Waals surface area contributed by atoms with E-state index in [-0.39, 0.29) is 21.4 Å². The Kier molecular flexibility index (Phi) is 9.07. The second-order valence-corrected chi connectivity index (χ2v) is 8.17. The molecule has 0 atom stereocenters. The third-order valence-corrected chi connectivity index (χ3v) is 4.81. The van der Waals surface area contributed by atoms with Crippen molar-refractivity contribution in [3.63, 3.8) is 0 Å². The second kappa shape index (κ2) is 11.5. The van der Waals surface area contributed by atoms with Gasteiger partial charge in [-0.3, -0.25) is 9.59 Å². The summed E-state index contributed by atoms with van der Waals surface area (Å²) < 4.78 is 45.2. The molecule has 164 valence electrons. The van der Waals surface area contributed by atoms with E-state index in [0.29, 0.717) is 16.9 Å². The Balaban J connectivity index is 2.84. The Morgan fingerprint density at radius 1 is 0.844 bits per heavy atom. The lowest BCUT2D eigenvalue weighted by atomic mass is 9.94. The van der Waals surface area contributed by atoms with Crippen molar-refractivity contribution in [3.8, 4) is 28.1 Å². The van der Waals surface area contributed by atoms with Crippen molar-refractivity contribution in [1.29, 1.82) is 0 Å². The maximum absolute atomic E-state index is 13.3. The van der Waals surface area contributed by atoms with E-state index in [1.807, 2.05) is 0 Å². The number of methoxy groups -OCH3 is 1. The van der Waals surface area contributed by atoms with Gasteiger partial charge in [-0.15, -0.1) is 0 Å². The third kappa shape index (κ3) is 7.56. The van der Waals surface area contributed by atoms with Crippen molar-refractivity contribution in [1.82, 2.24) is 0 Å². The summed E-state index contributed by atoms with van der Waals surface area (Å²) in [5.41, 5.74) is 0.361. The highest BCUT2D eigenvalue weighted by Crippen LogP contribution is 2.33. The normalized spacial score (nSPS) is 11.3. The molecule has 0 heterocycles. The van der Waals surface area contributed by atoms with Crippen LogP contribution in [0.4, 0.5) is 13.2 Å². The number of alkyl halides is 3. The maximum Gasteiger partial charge on any atom is 0.416 e. The molecular formula is C24H17F3O3S2. The third-order valence-electron chi connectivity index (χ3n) is 3.83. The number of carbonyl (C=O) groups excluding carboxylic acids is 2. The molecule has 2 aromatic carbocycles. The van der Waals surface area contributed by atoms with Gasteiger partial charge in [-0.2, -0.15) is 13.2 Å². The quantitative estimate of drug-likeness (QED) is 0.397. The Morgan fingerprint density at radius 3 is 1.81 bits per heavy atom. The summed E-state index contributed by atoms with van der Waals surface area (Å²) in [5, 5.41) is 4.80. The first-order valence-corrected chi connectivity index (χ1v) is 10.7. The monoisotopic (exact) mass is 474 g/mol. The molecule has 0 radical (unpaired) electrons. The number of allylic oxidation sites excluding steroid dienone is 2. The van der Waals surface area contributed by atoms with Crippen LogP contribution in [-0.4, -0.2) is 17.3 Å². The van der Waals surface area contributed by atoms with Crippen LogP contribution in [0.5, 0.6) is 5.75 Å². The number of carbonyl (C=O) groups is 2. The van der Waals surface area contributed by atoms with E-state index in [0.717, 1.165) is 35.7 Å². The van der Waals surface area contributed by atoms with Crippen LogP contribution in [0.2, 0.25) is 0 Å². The Hall–Kier alpha value is -3.07. The largest absolute Gasteiger partial charge is 0.497 e. The summed E-state index contributed by atoms with van der Waals surface area (Å²) in [6, 6.07) is 11.5. The van der Waals surface area contributed by atoms with Crippen LogP contribution in [0.15, 0.2) is 48.5 Å². The minimum Gasteiger partial charge on any atom is -0.497 e. The minimum absolute atomic E-state index is 0.177. The van der Waals surface area contributed by atoms with E-state index < -0.39 is 11.7 Å². The van der Waals surface area contributed by atoms with E-state index in [1.165, 1.54) is 33.1 Å². The molecule has 0 saturated heterocycles. The number of thioether (sulfide) groups is 2. The molecule has 0 aliphatic carbocycles. The Labute approximate surface area is 192 Å². The fourth-order valence-corrected chi connectivity index (χ4v) is 3.08. The first-order valence-electron chi connectivity index (χ1n) is 9.05. The number of hydrogen-bond acceptors (Lipinski definition) is 5. The van der Waals surface area contributed by atoms with Gasteiger partial charge in [-0.05, 0) is 45.9 Å². The fourth-order valence-electron chi connectivity index (χ4n) is 2.48. The number of hydrogen-bond donors (Lipinski definition) is 0. The number of benzene rings is 2. The van der Waals surface area contributed by atoms with E-state index in [1.54, 1.807) is 24.3 Å². The van der Waals surface area contributed by atoms with E-state index in [4.69, 9.17) is 4.74 Å². The average Bonchev–Trinajstić information content (AvgIpc) is 2.74. The summed E-state index contributed by atoms with van der Waals surface area (Å²) in [6.07, 6.45) is -4.55. The van der Waals surface area contributed by atoms with Crippen LogP contribution in [-0.2, 0) is 15.8 Å². The molecule has 0 aromatic heterocycles. The molecular weight excluding hydrogens is 457 g/mol. The van der Waals surface area contributed by atoms with Crippen molar-refractivity contribution >= 4 is 44.9 Å². The lowest BCUT2D eigenvalue weighted by molar-refractivity contribution is -0.137. The van der Waals surface area contributed by atoms with Crippen LogP contribution in [0.1, 0.15) is 30.5 Å². The zero-order valence-corrected chi connectivity index (χ0v) is 18.9. The molecule has 2 rings (SSSR count). The summed E-state index contributed by atoms with van der Waals surface area (Å²) in [7, 11) is 1.48. The van der Waals surface area contributed by atoms with Crippen LogP contribution >= 0.6 is 23.5 Å². The van der Waals surface area contributed by atoms with Crippen molar-refractivity contribution in [2.24, 2.45) is 0 Å². The van der Waals surface area contributed by atoms with Gasteiger partial charge < -0.3 is 4.74 Å². The number of ether oxygens (including phenoxy) is 1. The summed E-state index contributed by atoms with van der Waals surface area (Å²) in [4.78, 5) is 22.7. The van der Waals surface area contributed by atoms with Gasteiger partial charge in [-0.1, -0.05) is 36.1 Å². The average molecular weight is 475 g/mol. The van der Waals surface area contributed by atoms with Crippen molar-refractivity contribution in [2.75, 3.05) is 7.11 Å². The highest BCUT2D eigenvalue weighted by molar-refractivity contribution is 8.17. The summed E-state index contributed by atoms with van der Waals surface area (Å²) in [5.74, 6) is 6.15. The van der Waals surface area contributed by atoms with Crippen molar-refractivity contribution in [2.45, 2.75) is 20.0 Å². The standard InChI is InChI=1S/C24H17F3O3S2/c1-16(28)31-12-10-22(18-6-4-8-20(14-18)24(25,26)27)23(11-13-32-17(2)29)19-7-5-9-21(15-19)30-3/h4-9,14-15H,1-3H3/b23-22+. The van der Waals surface area contributed by atoms with Gasteiger partial charge in [0.25, 0.3) is 0 Å². The molecule has 0 spiro atoms. The van der Waals surface area contributed by atoms with Gasteiger partial charge in [0.2, 0.25) is 0 Å². The molecule has 0 fully saturated rings. The van der Waals surface area contributed by atoms with E-state index in [2.05, 4.69) is 22.3 Å². The van der Waals surface area contributed by atoms with Crippen LogP contribution < -0.4 is 4.74 Å². The molecule has 0 aliphatic heterocycles. The van der Waals surface area contributed by atoms with Gasteiger partial charge in [0.15, 0.2) is 10.2 Å². The Bertz CT molecular complexity index is 1180. The fraction of sp³-hybridized carbons (Fsp3) is 0.167. The first kappa shape index (κ1) is 25.2. The molecule has 0 N–H and O–H groups in total. The van der Waals surface area contributed by atoms with E-state index >= 15 is 0 Å². The number of halogens is 3. The highest BCUT2D eigenvalue weighted by Gasteiger charge is 2.30. The molecule has 0 unspecified atom stereocenters. The van der Waals surface area contributed by atoms with Crippen molar-refractivity contribution < 1.29 is 27.5 Å². The van der Waals surface area contributed by atoms with Crippen LogP contribution in [0.25, 0.3) is 11.1 Å². The van der Waals surface area contributed by atoms with E-state index in [9.17, 15) is 22.8 Å². The topological polar surface area (TPSA) is 43.4 Å². The molecule has 0 bridgehead atoms. The summed E-state index contributed by atoms with van der Waals surface area (Å²) >= 11 is 1.48. The van der Waals surface area contributed by atoms with Gasteiger partial charge in [-0.25, -0.2) is 0 Å². The van der Waals surface area contributed by atoms with Crippen molar-refractivity contribution in [3.05, 3.63) is 65.2 Å². The zero-order valence-electron chi connectivity index (χ0n) is 17.3. The molecule has 0 saturated carbocycles. The van der Waals surface area contributed by atoms with Gasteiger partial charge in [0.05, 0.1) is 12.7 Å². The first-order chi connectivity index (χ1) is 15.1. The minimum atomic E-state index is -4.55. The lowest BCUT2D eigenvalue weighted by Gasteiger charge is -2.11. The molecule has 8 heteroatoms. The highest BCUT2D eigenvalue weighted by atomic mass is 32.2. The van der Waals surface area contributed by atoms with Crippen LogP contribution in [0, 0.1) is 22.3 Å². The maximum atomic E-state index is 13.3. The lowest BCUT2D eigenvalue weighted by Crippen LogP contribution is -2.05. The molecule has 32 heavy (non-hydrogen) atoms. The Morgan fingerprint density at radius 2 is 1.34 bits per heavy atom.